The topological polar surface area (TPSA) is 0 Å². The molecule has 0 rings (SSSR count). The SMILES string of the molecule is CC/C(C)=C\CCCCC(C)C. The Bertz CT molecular complexity index is 120. The summed E-state index contributed by atoms with van der Waals surface area (Å²) in [4.78, 5) is 0. The molecule has 0 atom stereocenters. The first-order valence-corrected chi connectivity index (χ1v) is 5.32. The first-order chi connectivity index (χ1) is 5.66. The zero-order valence-corrected chi connectivity index (χ0v) is 9.19. The second-order valence-corrected chi connectivity index (χ2v) is 4.08. The fourth-order valence-electron chi connectivity index (χ4n) is 1.19. The number of hydrogen-bond donors (Lipinski definition) is 0. The Labute approximate surface area is 78.1 Å². The van der Waals surface area contributed by atoms with Gasteiger partial charge < -0.3 is 0 Å². The summed E-state index contributed by atoms with van der Waals surface area (Å²) in [5, 5.41) is 0. The summed E-state index contributed by atoms with van der Waals surface area (Å²) in [6, 6.07) is 0. The smallest absolute Gasteiger partial charge is 0.0348 e. The fraction of sp³-hybridized carbons (Fsp3) is 0.833. The van der Waals surface area contributed by atoms with Crippen molar-refractivity contribution in [3.63, 3.8) is 0 Å². The van der Waals surface area contributed by atoms with Crippen LogP contribution in [0.3, 0.4) is 0 Å². The standard InChI is InChI=1S/C12H24/c1-5-12(4)10-8-6-7-9-11(2)3/h10-11H,5-9H2,1-4H3/b12-10-. The normalized spacial score (nSPS) is 12.6. The van der Waals surface area contributed by atoms with Crippen LogP contribution < -0.4 is 0 Å². The van der Waals surface area contributed by atoms with E-state index < -0.39 is 0 Å². The minimum absolute atomic E-state index is 0.876. The van der Waals surface area contributed by atoms with Gasteiger partial charge in [-0.05, 0) is 32.1 Å². The molecule has 72 valence electrons. The lowest BCUT2D eigenvalue weighted by Gasteiger charge is -2.02. The second-order valence-electron chi connectivity index (χ2n) is 4.08. The van der Waals surface area contributed by atoms with E-state index in [1.807, 2.05) is 0 Å². The van der Waals surface area contributed by atoms with Crippen LogP contribution in [-0.2, 0) is 0 Å². The third-order valence-electron chi connectivity index (χ3n) is 2.29. The Hall–Kier alpha value is -0.260. The van der Waals surface area contributed by atoms with Gasteiger partial charge in [0, 0.05) is 0 Å². The third-order valence-corrected chi connectivity index (χ3v) is 2.29. The summed E-state index contributed by atoms with van der Waals surface area (Å²) in [5.41, 5.74) is 1.54. The van der Waals surface area contributed by atoms with Crippen molar-refractivity contribution < 1.29 is 0 Å². The van der Waals surface area contributed by atoms with Crippen LogP contribution in [0.1, 0.15) is 59.8 Å². The maximum atomic E-state index is 2.39. The largest absolute Gasteiger partial charge is 0.0856 e. The van der Waals surface area contributed by atoms with Gasteiger partial charge in [-0.15, -0.1) is 0 Å². The van der Waals surface area contributed by atoms with Gasteiger partial charge in [0.25, 0.3) is 0 Å². The number of rotatable bonds is 6. The zero-order chi connectivity index (χ0) is 9.40. The zero-order valence-electron chi connectivity index (χ0n) is 9.19. The van der Waals surface area contributed by atoms with Gasteiger partial charge in [-0.2, -0.15) is 0 Å². The Morgan fingerprint density at radius 2 is 1.92 bits per heavy atom. The van der Waals surface area contributed by atoms with Crippen LogP contribution in [0.2, 0.25) is 0 Å². The van der Waals surface area contributed by atoms with E-state index in [2.05, 4.69) is 33.8 Å². The van der Waals surface area contributed by atoms with Gasteiger partial charge in [-0.25, -0.2) is 0 Å². The van der Waals surface area contributed by atoms with Gasteiger partial charge >= 0.3 is 0 Å². The van der Waals surface area contributed by atoms with Crippen molar-refractivity contribution in [1.82, 2.24) is 0 Å². The molecule has 0 saturated heterocycles. The van der Waals surface area contributed by atoms with Crippen LogP contribution in [-0.4, -0.2) is 0 Å². The maximum Gasteiger partial charge on any atom is -0.0348 e. The highest BCUT2D eigenvalue weighted by Crippen LogP contribution is 2.09. The Morgan fingerprint density at radius 3 is 2.42 bits per heavy atom. The molecule has 0 heteroatoms. The Balaban J connectivity index is 3.21. The molecule has 0 nitrogen and oxygen atoms in total. The van der Waals surface area contributed by atoms with E-state index in [0.717, 1.165) is 5.92 Å². The highest BCUT2D eigenvalue weighted by atomic mass is 14.0. The molecule has 0 aliphatic carbocycles. The first kappa shape index (κ1) is 11.7. The second kappa shape index (κ2) is 7.39. The van der Waals surface area contributed by atoms with E-state index in [9.17, 15) is 0 Å². The van der Waals surface area contributed by atoms with E-state index >= 15 is 0 Å². The number of hydrogen-bond acceptors (Lipinski definition) is 0. The Kier molecular flexibility index (Phi) is 7.23. The molecule has 0 aromatic rings. The fourth-order valence-corrected chi connectivity index (χ4v) is 1.19. The van der Waals surface area contributed by atoms with Crippen molar-refractivity contribution in [3.05, 3.63) is 11.6 Å². The Morgan fingerprint density at radius 1 is 1.25 bits per heavy atom. The summed E-state index contributed by atoms with van der Waals surface area (Å²) < 4.78 is 0. The van der Waals surface area contributed by atoms with Gasteiger partial charge in [0.2, 0.25) is 0 Å². The molecule has 0 aliphatic rings. The van der Waals surface area contributed by atoms with Gasteiger partial charge in [-0.1, -0.05) is 45.3 Å². The molecular formula is C12H24. The van der Waals surface area contributed by atoms with Crippen molar-refractivity contribution in [2.75, 3.05) is 0 Å². The van der Waals surface area contributed by atoms with E-state index in [1.165, 1.54) is 32.1 Å². The van der Waals surface area contributed by atoms with Crippen molar-refractivity contribution in [2.24, 2.45) is 5.92 Å². The quantitative estimate of drug-likeness (QED) is 0.403. The van der Waals surface area contributed by atoms with Crippen molar-refractivity contribution in [3.8, 4) is 0 Å². The molecule has 0 fully saturated rings. The third kappa shape index (κ3) is 7.84. The van der Waals surface area contributed by atoms with Crippen LogP contribution in [0.15, 0.2) is 11.6 Å². The lowest BCUT2D eigenvalue weighted by molar-refractivity contribution is 0.540. The van der Waals surface area contributed by atoms with E-state index in [1.54, 1.807) is 5.57 Å². The summed E-state index contributed by atoms with van der Waals surface area (Å²) in [6.45, 7) is 9.04. The van der Waals surface area contributed by atoms with Gasteiger partial charge in [-0.3, -0.25) is 0 Å². The molecule has 0 N–H and O–H groups in total. The molecule has 0 heterocycles. The average Bonchev–Trinajstić information content (AvgIpc) is 2.03. The molecule has 0 spiro atoms. The molecular weight excluding hydrogens is 144 g/mol. The summed E-state index contributed by atoms with van der Waals surface area (Å²) >= 11 is 0. The monoisotopic (exact) mass is 168 g/mol. The molecule has 0 aromatic heterocycles. The van der Waals surface area contributed by atoms with Gasteiger partial charge in [0.15, 0.2) is 0 Å². The molecule has 12 heavy (non-hydrogen) atoms. The molecule has 0 bridgehead atoms. The molecule has 0 aliphatic heterocycles. The van der Waals surface area contributed by atoms with Crippen LogP contribution >= 0.6 is 0 Å². The highest BCUT2D eigenvalue weighted by Gasteiger charge is 1.92. The van der Waals surface area contributed by atoms with E-state index in [4.69, 9.17) is 0 Å². The minimum atomic E-state index is 0.876. The van der Waals surface area contributed by atoms with E-state index in [-0.39, 0.29) is 0 Å². The number of unbranched alkanes of at least 4 members (excludes halogenated alkanes) is 2. The maximum absolute atomic E-state index is 2.39. The lowest BCUT2D eigenvalue weighted by Crippen LogP contribution is -1.86. The van der Waals surface area contributed by atoms with Crippen molar-refractivity contribution >= 4 is 0 Å². The predicted octanol–water partition coefficient (Wildman–Crippen LogP) is 4.56. The van der Waals surface area contributed by atoms with Crippen molar-refractivity contribution in [1.29, 1.82) is 0 Å². The van der Waals surface area contributed by atoms with Gasteiger partial charge in [0.1, 0.15) is 0 Å². The van der Waals surface area contributed by atoms with Crippen LogP contribution in [0, 0.1) is 5.92 Å². The van der Waals surface area contributed by atoms with Crippen LogP contribution in [0.4, 0.5) is 0 Å². The molecule has 0 aromatic carbocycles. The number of allylic oxidation sites excluding steroid dienone is 2. The summed E-state index contributed by atoms with van der Waals surface area (Å²) in [7, 11) is 0. The van der Waals surface area contributed by atoms with Crippen molar-refractivity contribution in [2.45, 2.75) is 59.8 Å². The van der Waals surface area contributed by atoms with Crippen LogP contribution in [0.25, 0.3) is 0 Å². The summed E-state index contributed by atoms with van der Waals surface area (Å²) in [5.74, 6) is 0.876. The molecule has 0 amide bonds. The van der Waals surface area contributed by atoms with Crippen LogP contribution in [0.5, 0.6) is 0 Å². The predicted molar refractivity (Wildman–Crippen MR) is 57.4 cm³/mol. The highest BCUT2D eigenvalue weighted by molar-refractivity contribution is 4.96. The first-order valence-electron chi connectivity index (χ1n) is 5.32. The molecule has 0 unspecified atom stereocenters. The summed E-state index contributed by atoms with van der Waals surface area (Å²) in [6.07, 6.45) is 9.04. The van der Waals surface area contributed by atoms with Gasteiger partial charge in [0.05, 0.1) is 0 Å². The minimum Gasteiger partial charge on any atom is -0.0856 e. The average molecular weight is 168 g/mol. The molecule has 0 radical (unpaired) electrons. The lowest BCUT2D eigenvalue weighted by atomic mass is 10.0. The van der Waals surface area contributed by atoms with E-state index in [0.29, 0.717) is 0 Å². The molecule has 0 saturated carbocycles.